The van der Waals surface area contributed by atoms with E-state index < -0.39 is 0 Å². The van der Waals surface area contributed by atoms with Gasteiger partial charge >= 0.3 is 0 Å². The number of pyridine rings is 1. The number of ketones is 1. The SMILES string of the molecule is Cc1ncccc1C(=O)c1cccc(C2CCC2)c1. The highest BCUT2D eigenvalue weighted by Crippen LogP contribution is 2.36. The summed E-state index contributed by atoms with van der Waals surface area (Å²) in [6, 6.07) is 11.7. The van der Waals surface area contributed by atoms with Crippen molar-refractivity contribution in [2.24, 2.45) is 0 Å². The molecule has 0 aliphatic heterocycles. The van der Waals surface area contributed by atoms with Gasteiger partial charge in [-0.25, -0.2) is 0 Å². The number of nitrogens with zero attached hydrogens (tertiary/aromatic N) is 1. The zero-order valence-corrected chi connectivity index (χ0v) is 11.1. The van der Waals surface area contributed by atoms with Gasteiger partial charge in [0, 0.05) is 23.0 Å². The normalized spacial score (nSPS) is 15.0. The lowest BCUT2D eigenvalue weighted by atomic mass is 9.79. The van der Waals surface area contributed by atoms with Crippen LogP contribution in [0.5, 0.6) is 0 Å². The predicted octanol–water partition coefficient (Wildman–Crippen LogP) is 3.89. The summed E-state index contributed by atoms with van der Waals surface area (Å²) in [5, 5.41) is 0. The Morgan fingerprint density at radius 3 is 2.74 bits per heavy atom. The van der Waals surface area contributed by atoms with E-state index in [1.54, 1.807) is 6.20 Å². The molecule has 0 spiro atoms. The number of rotatable bonds is 3. The molecule has 0 bridgehead atoms. The van der Waals surface area contributed by atoms with Crippen LogP contribution in [0.2, 0.25) is 0 Å². The first kappa shape index (κ1) is 12.1. The minimum Gasteiger partial charge on any atom is -0.289 e. The van der Waals surface area contributed by atoms with E-state index in [1.165, 1.54) is 24.8 Å². The Balaban J connectivity index is 1.93. The van der Waals surface area contributed by atoms with E-state index in [4.69, 9.17) is 0 Å². The Hall–Kier alpha value is -1.96. The van der Waals surface area contributed by atoms with Crippen LogP contribution in [-0.4, -0.2) is 10.8 Å². The van der Waals surface area contributed by atoms with Crippen molar-refractivity contribution in [1.82, 2.24) is 4.98 Å². The van der Waals surface area contributed by atoms with Gasteiger partial charge in [0.25, 0.3) is 0 Å². The lowest BCUT2D eigenvalue weighted by Crippen LogP contribution is -2.10. The molecule has 0 N–H and O–H groups in total. The number of aryl methyl sites for hydroxylation is 1. The largest absolute Gasteiger partial charge is 0.289 e. The molecule has 1 heterocycles. The molecule has 2 nitrogen and oxygen atoms in total. The lowest BCUT2D eigenvalue weighted by molar-refractivity contribution is 0.103. The number of carbonyl (C=O) groups is 1. The molecular formula is C17H17NO. The van der Waals surface area contributed by atoms with Crippen LogP contribution in [0.25, 0.3) is 0 Å². The smallest absolute Gasteiger partial charge is 0.194 e. The van der Waals surface area contributed by atoms with E-state index in [1.807, 2.05) is 31.2 Å². The summed E-state index contributed by atoms with van der Waals surface area (Å²) in [6.45, 7) is 1.88. The van der Waals surface area contributed by atoms with Gasteiger partial charge < -0.3 is 0 Å². The van der Waals surface area contributed by atoms with E-state index >= 15 is 0 Å². The van der Waals surface area contributed by atoms with Crippen molar-refractivity contribution in [3.8, 4) is 0 Å². The van der Waals surface area contributed by atoms with Gasteiger partial charge in [0.15, 0.2) is 5.78 Å². The van der Waals surface area contributed by atoms with Gasteiger partial charge in [0.05, 0.1) is 0 Å². The molecule has 1 fully saturated rings. The number of hydrogen-bond acceptors (Lipinski definition) is 2. The molecule has 2 heteroatoms. The topological polar surface area (TPSA) is 30.0 Å². The highest BCUT2D eigenvalue weighted by Gasteiger charge is 2.20. The highest BCUT2D eigenvalue weighted by molar-refractivity contribution is 6.09. The molecule has 19 heavy (non-hydrogen) atoms. The summed E-state index contributed by atoms with van der Waals surface area (Å²) < 4.78 is 0. The highest BCUT2D eigenvalue weighted by atomic mass is 16.1. The number of carbonyl (C=O) groups excluding carboxylic acids is 1. The van der Waals surface area contributed by atoms with Gasteiger partial charge in [-0.2, -0.15) is 0 Å². The summed E-state index contributed by atoms with van der Waals surface area (Å²) in [7, 11) is 0. The van der Waals surface area contributed by atoms with E-state index in [2.05, 4.69) is 17.1 Å². The van der Waals surface area contributed by atoms with Gasteiger partial charge in [-0.15, -0.1) is 0 Å². The number of benzene rings is 1. The monoisotopic (exact) mass is 251 g/mol. The maximum Gasteiger partial charge on any atom is 0.194 e. The minimum atomic E-state index is 0.0757. The van der Waals surface area contributed by atoms with Crippen molar-refractivity contribution in [3.63, 3.8) is 0 Å². The second kappa shape index (κ2) is 4.96. The zero-order valence-electron chi connectivity index (χ0n) is 11.1. The van der Waals surface area contributed by atoms with Crippen LogP contribution in [0.4, 0.5) is 0 Å². The molecule has 1 aromatic heterocycles. The number of hydrogen-bond donors (Lipinski definition) is 0. The van der Waals surface area contributed by atoms with Crippen molar-refractivity contribution in [3.05, 3.63) is 65.0 Å². The van der Waals surface area contributed by atoms with Crippen LogP contribution >= 0.6 is 0 Å². The fourth-order valence-corrected chi connectivity index (χ4v) is 2.56. The maximum atomic E-state index is 12.5. The van der Waals surface area contributed by atoms with Crippen LogP contribution in [-0.2, 0) is 0 Å². The van der Waals surface area contributed by atoms with Crippen LogP contribution in [0.1, 0.15) is 52.4 Å². The third-order valence-electron chi connectivity index (χ3n) is 3.98. The fourth-order valence-electron chi connectivity index (χ4n) is 2.56. The van der Waals surface area contributed by atoms with Gasteiger partial charge in [-0.05, 0) is 49.4 Å². The second-order valence-corrected chi connectivity index (χ2v) is 5.22. The summed E-state index contributed by atoms with van der Waals surface area (Å²) in [4.78, 5) is 16.7. The third-order valence-corrected chi connectivity index (χ3v) is 3.98. The van der Waals surface area contributed by atoms with E-state index in [-0.39, 0.29) is 5.78 Å². The average molecular weight is 251 g/mol. The Morgan fingerprint density at radius 1 is 1.21 bits per heavy atom. The second-order valence-electron chi connectivity index (χ2n) is 5.22. The van der Waals surface area contributed by atoms with Crippen LogP contribution in [0.15, 0.2) is 42.6 Å². The van der Waals surface area contributed by atoms with Crippen molar-refractivity contribution < 1.29 is 4.79 Å². The Labute approximate surface area is 113 Å². The fraction of sp³-hybridized carbons (Fsp3) is 0.294. The summed E-state index contributed by atoms with van der Waals surface area (Å²) in [5.74, 6) is 0.731. The van der Waals surface area contributed by atoms with Crippen molar-refractivity contribution >= 4 is 5.78 Å². The van der Waals surface area contributed by atoms with Crippen LogP contribution in [0, 0.1) is 6.92 Å². The third kappa shape index (κ3) is 2.30. The maximum absolute atomic E-state index is 12.5. The summed E-state index contributed by atoms with van der Waals surface area (Å²) in [5.41, 5.74) is 3.58. The molecule has 1 saturated carbocycles. The Morgan fingerprint density at radius 2 is 2.05 bits per heavy atom. The lowest BCUT2D eigenvalue weighted by Gasteiger charge is -2.26. The zero-order chi connectivity index (χ0) is 13.2. The molecule has 1 aliphatic carbocycles. The molecule has 1 aliphatic rings. The van der Waals surface area contributed by atoms with Crippen molar-refractivity contribution in [2.45, 2.75) is 32.1 Å². The average Bonchev–Trinajstić information content (AvgIpc) is 2.37. The standard InChI is InChI=1S/C17H17NO/c1-12-16(9-4-10-18-12)17(19)15-8-3-7-14(11-15)13-5-2-6-13/h3-4,7-11,13H,2,5-6H2,1H3. The molecule has 0 unspecified atom stereocenters. The van der Waals surface area contributed by atoms with Gasteiger partial charge in [0.2, 0.25) is 0 Å². The molecular weight excluding hydrogens is 234 g/mol. The van der Waals surface area contributed by atoms with E-state index in [0.29, 0.717) is 11.5 Å². The van der Waals surface area contributed by atoms with Crippen LogP contribution in [0.3, 0.4) is 0 Å². The quantitative estimate of drug-likeness (QED) is 0.775. The van der Waals surface area contributed by atoms with E-state index in [0.717, 1.165) is 11.3 Å². The summed E-state index contributed by atoms with van der Waals surface area (Å²) >= 11 is 0. The van der Waals surface area contributed by atoms with Gasteiger partial charge in [-0.3, -0.25) is 9.78 Å². The van der Waals surface area contributed by atoms with Gasteiger partial charge in [-0.1, -0.05) is 24.6 Å². The Bertz CT molecular complexity index is 614. The molecule has 0 radical (unpaired) electrons. The molecule has 1 aromatic carbocycles. The van der Waals surface area contributed by atoms with Gasteiger partial charge in [0.1, 0.15) is 0 Å². The van der Waals surface area contributed by atoms with Crippen molar-refractivity contribution in [2.75, 3.05) is 0 Å². The first-order valence-electron chi connectivity index (χ1n) is 6.82. The van der Waals surface area contributed by atoms with Crippen LogP contribution < -0.4 is 0 Å². The van der Waals surface area contributed by atoms with Crippen molar-refractivity contribution in [1.29, 1.82) is 0 Å². The predicted molar refractivity (Wildman–Crippen MR) is 75.4 cm³/mol. The first-order valence-corrected chi connectivity index (χ1v) is 6.82. The molecule has 96 valence electrons. The minimum absolute atomic E-state index is 0.0757. The summed E-state index contributed by atoms with van der Waals surface area (Å²) in [6.07, 6.45) is 5.54. The first-order chi connectivity index (χ1) is 9.25. The molecule has 3 rings (SSSR count). The number of aromatic nitrogens is 1. The molecule has 0 amide bonds. The Kier molecular flexibility index (Phi) is 3.16. The molecule has 2 aromatic rings. The molecule has 0 saturated heterocycles. The molecule has 0 atom stereocenters. The van der Waals surface area contributed by atoms with E-state index in [9.17, 15) is 4.79 Å².